The number of benzene rings is 1. The van der Waals surface area contributed by atoms with Crippen LogP contribution in [0.1, 0.15) is 24.0 Å². The van der Waals surface area contributed by atoms with E-state index in [1.807, 2.05) is 53.2 Å². The zero-order valence-electron chi connectivity index (χ0n) is 15.2. The molecule has 7 heteroatoms. The van der Waals surface area contributed by atoms with Crippen molar-refractivity contribution >= 4 is 0 Å². The third kappa shape index (κ3) is 3.03. The minimum atomic E-state index is 0.651. The van der Waals surface area contributed by atoms with Gasteiger partial charge in [-0.1, -0.05) is 17.3 Å². The van der Waals surface area contributed by atoms with Crippen LogP contribution in [0, 0.1) is 13.8 Å². The van der Waals surface area contributed by atoms with Gasteiger partial charge in [-0.3, -0.25) is 0 Å². The summed E-state index contributed by atoms with van der Waals surface area (Å²) >= 11 is 0. The lowest BCUT2D eigenvalue weighted by Gasteiger charge is -2.06. The summed E-state index contributed by atoms with van der Waals surface area (Å²) in [6.45, 7) is 7.70. The summed E-state index contributed by atoms with van der Waals surface area (Å²) < 4.78 is 5.89. The van der Waals surface area contributed by atoms with Gasteiger partial charge in [-0.2, -0.15) is 5.10 Å². The van der Waals surface area contributed by atoms with Crippen LogP contribution in [0.2, 0.25) is 0 Å². The maximum absolute atomic E-state index is 4.56. The van der Waals surface area contributed by atoms with Gasteiger partial charge in [0.1, 0.15) is 5.69 Å². The van der Waals surface area contributed by atoms with E-state index in [0.29, 0.717) is 6.54 Å². The molecule has 0 unspecified atom stereocenters. The summed E-state index contributed by atoms with van der Waals surface area (Å²) in [6, 6.07) is 10.3. The lowest BCUT2D eigenvalue weighted by Crippen LogP contribution is -2.06. The highest BCUT2D eigenvalue weighted by Crippen LogP contribution is 2.21. The highest BCUT2D eigenvalue weighted by Gasteiger charge is 2.09. The predicted molar refractivity (Wildman–Crippen MR) is 99.1 cm³/mol. The number of aromatic nitrogens is 7. The van der Waals surface area contributed by atoms with Crippen LogP contribution >= 0.6 is 0 Å². The summed E-state index contributed by atoms with van der Waals surface area (Å²) in [5.74, 6) is 0. The van der Waals surface area contributed by atoms with Crippen LogP contribution < -0.4 is 0 Å². The molecule has 0 aliphatic heterocycles. The third-order valence-electron chi connectivity index (χ3n) is 4.40. The van der Waals surface area contributed by atoms with E-state index >= 15 is 0 Å². The van der Waals surface area contributed by atoms with Crippen molar-refractivity contribution in [1.82, 2.24) is 34.3 Å². The second-order valence-electron chi connectivity index (χ2n) is 6.36. The Bertz CT molecular complexity index is 1040. The van der Waals surface area contributed by atoms with Crippen molar-refractivity contribution in [3.05, 3.63) is 66.1 Å². The van der Waals surface area contributed by atoms with Crippen molar-refractivity contribution in [3.8, 4) is 16.9 Å². The second kappa shape index (κ2) is 6.59. The van der Waals surface area contributed by atoms with E-state index in [0.717, 1.165) is 40.6 Å². The van der Waals surface area contributed by atoms with Crippen LogP contribution in [0.5, 0.6) is 0 Å². The minimum Gasteiger partial charge on any atom is -0.333 e. The van der Waals surface area contributed by atoms with Crippen molar-refractivity contribution in [1.29, 1.82) is 0 Å². The van der Waals surface area contributed by atoms with E-state index in [4.69, 9.17) is 0 Å². The molecule has 0 spiro atoms. The van der Waals surface area contributed by atoms with E-state index in [9.17, 15) is 0 Å². The molecule has 0 aliphatic rings. The normalized spacial score (nSPS) is 11.2. The highest BCUT2D eigenvalue weighted by atomic mass is 15.4. The maximum atomic E-state index is 4.56. The monoisotopic (exact) mass is 347 g/mol. The molecule has 0 radical (unpaired) electrons. The molecular formula is C19H21N7. The van der Waals surface area contributed by atoms with Crippen LogP contribution in [0.25, 0.3) is 16.9 Å². The molecule has 0 bridgehead atoms. The Hall–Kier alpha value is -3.22. The van der Waals surface area contributed by atoms with E-state index < -0.39 is 0 Å². The Kier molecular flexibility index (Phi) is 4.12. The van der Waals surface area contributed by atoms with Gasteiger partial charge in [0.25, 0.3) is 0 Å². The van der Waals surface area contributed by atoms with Gasteiger partial charge >= 0.3 is 0 Å². The molecule has 0 atom stereocenters. The molecule has 0 aliphatic carbocycles. The molecule has 7 nitrogen and oxygen atoms in total. The van der Waals surface area contributed by atoms with Gasteiger partial charge in [0.2, 0.25) is 0 Å². The first-order valence-electron chi connectivity index (χ1n) is 8.67. The second-order valence-corrected chi connectivity index (χ2v) is 6.36. The molecule has 0 saturated carbocycles. The summed E-state index contributed by atoms with van der Waals surface area (Å²) in [4.78, 5) is 4.20. The van der Waals surface area contributed by atoms with E-state index in [-0.39, 0.29) is 0 Å². The van der Waals surface area contributed by atoms with Gasteiger partial charge in [0.15, 0.2) is 0 Å². The van der Waals surface area contributed by atoms with Crippen LogP contribution in [0.3, 0.4) is 0 Å². The molecule has 132 valence electrons. The SMILES string of the molecule is CCn1cncc1Cn1cc(-c2cccc(-n3nc(C)cc3C)c2)nn1. The van der Waals surface area contributed by atoms with Gasteiger partial charge in [-0.15, -0.1) is 5.10 Å². The average Bonchev–Trinajstić information content (AvgIpc) is 3.36. The summed E-state index contributed by atoms with van der Waals surface area (Å²) in [7, 11) is 0. The van der Waals surface area contributed by atoms with E-state index in [1.165, 1.54) is 0 Å². The molecule has 0 fully saturated rings. The number of rotatable bonds is 5. The fourth-order valence-electron chi connectivity index (χ4n) is 3.13. The number of aryl methyl sites for hydroxylation is 3. The fourth-order valence-corrected chi connectivity index (χ4v) is 3.13. The summed E-state index contributed by atoms with van der Waals surface area (Å²) in [6.07, 6.45) is 5.67. The first-order chi connectivity index (χ1) is 12.6. The summed E-state index contributed by atoms with van der Waals surface area (Å²) in [5, 5.41) is 13.2. The number of hydrogen-bond donors (Lipinski definition) is 0. The maximum Gasteiger partial charge on any atom is 0.113 e. The molecule has 1 aromatic carbocycles. The van der Waals surface area contributed by atoms with Gasteiger partial charge in [0.05, 0.1) is 42.3 Å². The van der Waals surface area contributed by atoms with Gasteiger partial charge in [-0.25, -0.2) is 14.3 Å². The minimum absolute atomic E-state index is 0.651. The first-order valence-corrected chi connectivity index (χ1v) is 8.67. The van der Waals surface area contributed by atoms with Crippen molar-refractivity contribution in [2.45, 2.75) is 33.9 Å². The predicted octanol–water partition coefficient (Wildman–Crippen LogP) is 3.01. The number of hydrogen-bond acceptors (Lipinski definition) is 4. The van der Waals surface area contributed by atoms with Crippen molar-refractivity contribution in [2.24, 2.45) is 0 Å². The first kappa shape index (κ1) is 16.3. The van der Waals surface area contributed by atoms with Crippen LogP contribution in [0.4, 0.5) is 0 Å². The zero-order chi connectivity index (χ0) is 18.1. The molecule has 3 aromatic heterocycles. The quantitative estimate of drug-likeness (QED) is 0.557. The Morgan fingerprint density at radius 3 is 2.77 bits per heavy atom. The third-order valence-corrected chi connectivity index (χ3v) is 4.40. The number of nitrogens with zero attached hydrogens (tertiary/aromatic N) is 7. The van der Waals surface area contributed by atoms with Crippen molar-refractivity contribution < 1.29 is 0 Å². The van der Waals surface area contributed by atoms with Gasteiger partial charge in [-0.05, 0) is 39.0 Å². The molecular weight excluding hydrogens is 326 g/mol. The molecule has 4 rings (SSSR count). The van der Waals surface area contributed by atoms with Crippen molar-refractivity contribution in [3.63, 3.8) is 0 Å². The Morgan fingerprint density at radius 2 is 2.00 bits per heavy atom. The molecule has 0 saturated heterocycles. The molecule has 26 heavy (non-hydrogen) atoms. The fraction of sp³-hybridized carbons (Fsp3) is 0.263. The van der Waals surface area contributed by atoms with Crippen LogP contribution in [-0.2, 0) is 13.1 Å². The van der Waals surface area contributed by atoms with Crippen LogP contribution in [0.15, 0.2) is 49.1 Å². The van der Waals surface area contributed by atoms with Gasteiger partial charge < -0.3 is 4.57 Å². The van der Waals surface area contributed by atoms with Crippen LogP contribution in [-0.4, -0.2) is 34.3 Å². The lowest BCUT2D eigenvalue weighted by molar-refractivity contribution is 0.602. The molecule has 0 amide bonds. The lowest BCUT2D eigenvalue weighted by atomic mass is 10.1. The zero-order valence-corrected chi connectivity index (χ0v) is 15.2. The number of imidazole rings is 1. The van der Waals surface area contributed by atoms with Gasteiger partial charge in [0, 0.05) is 17.8 Å². The smallest absolute Gasteiger partial charge is 0.113 e. The van der Waals surface area contributed by atoms with E-state index in [1.54, 1.807) is 0 Å². The standard InChI is InChI=1S/C19H21N7/c1-4-24-13-20-10-18(24)11-25-12-19(21-23-25)16-6-5-7-17(9-16)26-15(3)8-14(2)22-26/h5-10,12-13H,4,11H2,1-3H3. The largest absolute Gasteiger partial charge is 0.333 e. The molecule has 3 heterocycles. The topological polar surface area (TPSA) is 66.3 Å². The Morgan fingerprint density at radius 1 is 1.12 bits per heavy atom. The Balaban J connectivity index is 1.62. The Labute approximate surface area is 151 Å². The highest BCUT2D eigenvalue weighted by molar-refractivity contribution is 5.61. The van der Waals surface area contributed by atoms with Crippen molar-refractivity contribution in [2.75, 3.05) is 0 Å². The van der Waals surface area contributed by atoms with E-state index in [2.05, 4.69) is 50.9 Å². The molecule has 4 aromatic rings. The summed E-state index contributed by atoms with van der Waals surface area (Å²) in [5.41, 5.74) is 6.11. The molecule has 0 N–H and O–H groups in total. The average molecular weight is 347 g/mol.